The van der Waals surface area contributed by atoms with E-state index < -0.39 is 0 Å². The van der Waals surface area contributed by atoms with Crippen molar-refractivity contribution < 1.29 is 9.21 Å². The fourth-order valence-corrected chi connectivity index (χ4v) is 2.02. The summed E-state index contributed by atoms with van der Waals surface area (Å²) >= 11 is 0. The molecule has 0 unspecified atom stereocenters. The third kappa shape index (κ3) is 3.01. The van der Waals surface area contributed by atoms with Gasteiger partial charge >= 0.3 is 0 Å². The number of aryl methyl sites for hydroxylation is 3. The molecule has 19 heavy (non-hydrogen) atoms. The maximum atomic E-state index is 12.1. The maximum Gasteiger partial charge on any atom is 0.255 e. The van der Waals surface area contributed by atoms with Gasteiger partial charge in [-0.1, -0.05) is 0 Å². The Bertz CT molecular complexity index is 557. The highest BCUT2D eigenvalue weighted by atomic mass is 16.3. The third-order valence-corrected chi connectivity index (χ3v) is 3.13. The first-order valence-corrected chi connectivity index (χ1v) is 6.28. The van der Waals surface area contributed by atoms with Crippen LogP contribution in [0.4, 0.5) is 0 Å². The van der Waals surface area contributed by atoms with Crippen LogP contribution in [0.1, 0.15) is 39.7 Å². The summed E-state index contributed by atoms with van der Waals surface area (Å²) in [7, 11) is 0. The van der Waals surface area contributed by atoms with Crippen molar-refractivity contribution >= 4 is 5.91 Å². The molecule has 2 heterocycles. The third-order valence-electron chi connectivity index (χ3n) is 3.13. The topological polar surface area (TPSA) is 83.8 Å². The zero-order valence-electron chi connectivity index (χ0n) is 11.4. The van der Waals surface area contributed by atoms with E-state index in [2.05, 4.69) is 20.5 Å². The van der Waals surface area contributed by atoms with E-state index in [1.165, 1.54) is 6.33 Å². The van der Waals surface area contributed by atoms with Gasteiger partial charge in [0.25, 0.3) is 5.91 Å². The number of furan rings is 1. The summed E-state index contributed by atoms with van der Waals surface area (Å²) in [6.45, 7) is 6.17. The summed E-state index contributed by atoms with van der Waals surface area (Å²) in [6.07, 6.45) is 3.06. The molecule has 0 bridgehead atoms. The minimum atomic E-state index is -0.0792. The maximum absolute atomic E-state index is 12.1. The molecule has 0 fully saturated rings. The Morgan fingerprint density at radius 2 is 2.16 bits per heavy atom. The Labute approximate surface area is 111 Å². The van der Waals surface area contributed by atoms with Gasteiger partial charge < -0.3 is 9.73 Å². The first-order chi connectivity index (χ1) is 9.09. The first-order valence-electron chi connectivity index (χ1n) is 6.28. The van der Waals surface area contributed by atoms with E-state index >= 15 is 0 Å². The fourth-order valence-electron chi connectivity index (χ4n) is 2.02. The molecule has 0 aliphatic rings. The van der Waals surface area contributed by atoms with Gasteiger partial charge in [0.05, 0.1) is 5.56 Å². The van der Waals surface area contributed by atoms with Crippen molar-refractivity contribution in [3.05, 3.63) is 34.8 Å². The number of nitrogens with zero attached hydrogens (tertiary/aromatic N) is 2. The summed E-state index contributed by atoms with van der Waals surface area (Å²) in [5.74, 6) is 2.22. The quantitative estimate of drug-likeness (QED) is 0.803. The van der Waals surface area contributed by atoms with Crippen molar-refractivity contribution in [3.8, 4) is 0 Å². The molecule has 2 aromatic heterocycles. The average molecular weight is 262 g/mol. The summed E-state index contributed by atoms with van der Waals surface area (Å²) < 4.78 is 5.45. The lowest BCUT2D eigenvalue weighted by Crippen LogP contribution is -2.25. The molecule has 0 aliphatic heterocycles. The van der Waals surface area contributed by atoms with Gasteiger partial charge in [0.2, 0.25) is 0 Å². The van der Waals surface area contributed by atoms with Crippen LogP contribution in [0.3, 0.4) is 0 Å². The van der Waals surface area contributed by atoms with Crippen LogP contribution in [0.2, 0.25) is 0 Å². The molecular formula is C13H18N4O2. The van der Waals surface area contributed by atoms with Crippen molar-refractivity contribution in [2.45, 2.75) is 33.6 Å². The van der Waals surface area contributed by atoms with Gasteiger partial charge in [-0.15, -0.1) is 0 Å². The molecule has 0 saturated carbocycles. The van der Waals surface area contributed by atoms with Crippen molar-refractivity contribution in [1.29, 1.82) is 0 Å². The van der Waals surface area contributed by atoms with Crippen LogP contribution in [0.5, 0.6) is 0 Å². The van der Waals surface area contributed by atoms with E-state index in [9.17, 15) is 4.79 Å². The van der Waals surface area contributed by atoms with Crippen molar-refractivity contribution in [3.63, 3.8) is 0 Å². The van der Waals surface area contributed by atoms with Crippen LogP contribution >= 0.6 is 0 Å². The highest BCUT2D eigenvalue weighted by molar-refractivity contribution is 5.96. The normalized spacial score (nSPS) is 10.7. The molecular weight excluding hydrogens is 244 g/mol. The predicted molar refractivity (Wildman–Crippen MR) is 70.0 cm³/mol. The Kier molecular flexibility index (Phi) is 3.99. The SMILES string of the molecule is Cc1oc(C)c(C(=O)NCCCc2ncn[nH]2)c1C. The Balaban J connectivity index is 1.84. The second-order valence-electron chi connectivity index (χ2n) is 4.51. The standard InChI is InChI=1S/C13H18N4O2/c1-8-9(2)19-10(3)12(8)13(18)14-6-4-5-11-15-7-16-17-11/h7H,4-6H2,1-3H3,(H,14,18)(H,15,16,17). The summed E-state index contributed by atoms with van der Waals surface area (Å²) in [5, 5.41) is 9.46. The minimum absolute atomic E-state index is 0.0792. The number of aromatic nitrogens is 3. The Morgan fingerprint density at radius 3 is 2.74 bits per heavy atom. The van der Waals surface area contributed by atoms with Crippen molar-refractivity contribution in [2.24, 2.45) is 0 Å². The van der Waals surface area contributed by atoms with Gasteiger partial charge in [0.15, 0.2) is 0 Å². The molecule has 0 radical (unpaired) electrons. The van der Waals surface area contributed by atoms with E-state index in [1.54, 1.807) is 0 Å². The van der Waals surface area contributed by atoms with E-state index in [1.807, 2.05) is 20.8 Å². The number of nitrogens with one attached hydrogen (secondary N) is 2. The molecule has 2 aromatic rings. The van der Waals surface area contributed by atoms with Crippen LogP contribution in [0.15, 0.2) is 10.7 Å². The molecule has 0 saturated heterocycles. The minimum Gasteiger partial charge on any atom is -0.466 e. The van der Waals surface area contributed by atoms with Gasteiger partial charge in [-0.3, -0.25) is 9.89 Å². The zero-order chi connectivity index (χ0) is 13.8. The van der Waals surface area contributed by atoms with E-state index in [-0.39, 0.29) is 5.91 Å². The van der Waals surface area contributed by atoms with Crippen LogP contribution < -0.4 is 5.32 Å². The molecule has 0 atom stereocenters. The van der Waals surface area contributed by atoms with Gasteiger partial charge in [0.1, 0.15) is 23.7 Å². The fraction of sp³-hybridized carbons (Fsp3) is 0.462. The van der Waals surface area contributed by atoms with Crippen molar-refractivity contribution in [2.75, 3.05) is 6.54 Å². The number of amides is 1. The molecule has 0 aromatic carbocycles. The summed E-state index contributed by atoms with van der Waals surface area (Å²) in [4.78, 5) is 16.1. The Hall–Kier alpha value is -2.11. The molecule has 102 valence electrons. The Morgan fingerprint density at radius 1 is 1.37 bits per heavy atom. The average Bonchev–Trinajstić information content (AvgIpc) is 2.95. The lowest BCUT2D eigenvalue weighted by molar-refractivity contribution is 0.0951. The van der Waals surface area contributed by atoms with Gasteiger partial charge in [-0.05, 0) is 27.2 Å². The number of carbonyl (C=O) groups is 1. The number of hydrogen-bond donors (Lipinski definition) is 2. The van der Waals surface area contributed by atoms with Gasteiger partial charge in [0, 0.05) is 18.5 Å². The second kappa shape index (κ2) is 5.69. The lowest BCUT2D eigenvalue weighted by Gasteiger charge is -2.04. The van der Waals surface area contributed by atoms with Gasteiger partial charge in [-0.25, -0.2) is 4.98 Å². The number of H-pyrrole nitrogens is 1. The highest BCUT2D eigenvalue weighted by Crippen LogP contribution is 2.20. The largest absolute Gasteiger partial charge is 0.466 e. The monoisotopic (exact) mass is 262 g/mol. The molecule has 2 N–H and O–H groups in total. The van der Waals surface area contributed by atoms with E-state index in [0.717, 1.165) is 30.0 Å². The zero-order valence-corrected chi connectivity index (χ0v) is 11.4. The number of aromatic amines is 1. The highest BCUT2D eigenvalue weighted by Gasteiger charge is 2.17. The van der Waals surface area contributed by atoms with E-state index in [0.29, 0.717) is 17.9 Å². The van der Waals surface area contributed by atoms with Crippen LogP contribution in [0.25, 0.3) is 0 Å². The van der Waals surface area contributed by atoms with Crippen molar-refractivity contribution in [1.82, 2.24) is 20.5 Å². The smallest absolute Gasteiger partial charge is 0.255 e. The van der Waals surface area contributed by atoms with Crippen LogP contribution in [-0.2, 0) is 6.42 Å². The first kappa shape index (κ1) is 13.3. The number of hydrogen-bond acceptors (Lipinski definition) is 4. The van der Waals surface area contributed by atoms with Gasteiger partial charge in [-0.2, -0.15) is 5.10 Å². The number of rotatable bonds is 5. The molecule has 1 amide bonds. The summed E-state index contributed by atoms with van der Waals surface area (Å²) in [5.41, 5.74) is 1.56. The molecule has 2 rings (SSSR count). The predicted octanol–water partition coefficient (Wildman–Crippen LogP) is 1.69. The second-order valence-corrected chi connectivity index (χ2v) is 4.51. The molecule has 0 spiro atoms. The van der Waals surface area contributed by atoms with Crippen LogP contribution in [0, 0.1) is 20.8 Å². The van der Waals surface area contributed by atoms with E-state index in [4.69, 9.17) is 4.42 Å². The van der Waals surface area contributed by atoms with Crippen LogP contribution in [-0.4, -0.2) is 27.6 Å². The summed E-state index contributed by atoms with van der Waals surface area (Å²) in [6, 6.07) is 0. The number of carbonyl (C=O) groups excluding carboxylic acids is 1. The molecule has 6 nitrogen and oxygen atoms in total. The molecule has 6 heteroatoms. The lowest BCUT2D eigenvalue weighted by atomic mass is 10.1. The molecule has 0 aliphatic carbocycles.